The zero-order valence-electron chi connectivity index (χ0n) is 11.5. The van der Waals surface area contributed by atoms with Crippen molar-refractivity contribution < 1.29 is 0 Å². The minimum Gasteiger partial charge on any atom is -0.327 e. The third kappa shape index (κ3) is 3.82. The van der Waals surface area contributed by atoms with Gasteiger partial charge in [0.2, 0.25) is 0 Å². The summed E-state index contributed by atoms with van der Waals surface area (Å²) in [5, 5.41) is 0. The minimum atomic E-state index is 0.420. The van der Waals surface area contributed by atoms with Crippen LogP contribution in [0, 0.1) is 5.92 Å². The maximum absolute atomic E-state index is 6.25. The van der Waals surface area contributed by atoms with Gasteiger partial charge >= 0.3 is 0 Å². The molecule has 2 rings (SSSR count). The van der Waals surface area contributed by atoms with E-state index in [1.54, 1.807) is 0 Å². The summed E-state index contributed by atoms with van der Waals surface area (Å²) >= 11 is 0. The smallest absolute Gasteiger partial charge is 0.0233 e. The van der Waals surface area contributed by atoms with Crippen molar-refractivity contribution >= 4 is 0 Å². The fraction of sp³-hybridized carbons (Fsp3) is 0.625. The van der Waals surface area contributed by atoms with Crippen LogP contribution in [0.5, 0.6) is 0 Å². The monoisotopic (exact) mass is 246 g/mol. The van der Waals surface area contributed by atoms with Crippen LogP contribution in [0.15, 0.2) is 30.3 Å². The maximum Gasteiger partial charge on any atom is 0.0233 e. The molecule has 1 aromatic rings. The maximum atomic E-state index is 6.25. The number of nitrogens with two attached hydrogens (primary N) is 1. The molecule has 0 spiro atoms. The molecular weight excluding hydrogens is 220 g/mol. The molecule has 0 radical (unpaired) electrons. The average Bonchev–Trinajstić information content (AvgIpc) is 2.40. The molecule has 0 saturated carbocycles. The number of hydrogen-bond donors (Lipinski definition) is 1. The van der Waals surface area contributed by atoms with Gasteiger partial charge in [0, 0.05) is 19.1 Å². The minimum absolute atomic E-state index is 0.420. The average molecular weight is 246 g/mol. The Hall–Kier alpha value is -0.860. The highest BCUT2D eigenvalue weighted by atomic mass is 15.1. The van der Waals surface area contributed by atoms with E-state index in [4.69, 9.17) is 5.73 Å². The Kier molecular flexibility index (Phi) is 5.21. The molecule has 2 N–H and O–H groups in total. The molecule has 2 nitrogen and oxygen atoms in total. The van der Waals surface area contributed by atoms with Gasteiger partial charge in [-0.2, -0.15) is 0 Å². The summed E-state index contributed by atoms with van der Waals surface area (Å²) in [6, 6.07) is 11.2. The first-order valence-electron chi connectivity index (χ1n) is 7.31. The number of piperidine rings is 1. The van der Waals surface area contributed by atoms with Gasteiger partial charge in [0.25, 0.3) is 0 Å². The van der Waals surface area contributed by atoms with Crippen molar-refractivity contribution in [3.63, 3.8) is 0 Å². The van der Waals surface area contributed by atoms with E-state index in [9.17, 15) is 0 Å². The van der Waals surface area contributed by atoms with Crippen molar-refractivity contribution in [2.24, 2.45) is 11.7 Å². The van der Waals surface area contributed by atoms with E-state index in [-0.39, 0.29) is 0 Å². The lowest BCUT2D eigenvalue weighted by Crippen LogP contribution is -2.46. The van der Waals surface area contributed by atoms with Crippen LogP contribution in [0.25, 0.3) is 0 Å². The molecule has 0 unspecified atom stereocenters. The van der Waals surface area contributed by atoms with Gasteiger partial charge in [-0.25, -0.2) is 0 Å². The number of hydrogen-bond acceptors (Lipinski definition) is 2. The lowest BCUT2D eigenvalue weighted by atomic mass is 9.88. The molecule has 1 saturated heterocycles. The fourth-order valence-electron chi connectivity index (χ4n) is 2.88. The molecular formula is C16H26N2. The van der Waals surface area contributed by atoms with Gasteiger partial charge in [-0.3, -0.25) is 4.90 Å². The molecule has 18 heavy (non-hydrogen) atoms. The summed E-state index contributed by atoms with van der Waals surface area (Å²) in [7, 11) is 0. The van der Waals surface area contributed by atoms with Gasteiger partial charge in [-0.05, 0) is 30.9 Å². The zero-order chi connectivity index (χ0) is 12.8. The zero-order valence-corrected chi connectivity index (χ0v) is 11.5. The van der Waals surface area contributed by atoms with E-state index in [1.165, 1.54) is 31.4 Å². The highest BCUT2D eigenvalue weighted by molar-refractivity contribution is 5.14. The largest absolute Gasteiger partial charge is 0.327 e. The lowest BCUT2D eigenvalue weighted by molar-refractivity contribution is 0.141. The molecule has 100 valence electrons. The van der Waals surface area contributed by atoms with Gasteiger partial charge in [0.1, 0.15) is 0 Å². The predicted molar refractivity (Wildman–Crippen MR) is 77.3 cm³/mol. The van der Waals surface area contributed by atoms with E-state index in [1.807, 2.05) is 0 Å². The third-order valence-corrected chi connectivity index (χ3v) is 4.05. The summed E-state index contributed by atoms with van der Waals surface area (Å²) in [6.45, 7) is 5.67. The van der Waals surface area contributed by atoms with Gasteiger partial charge in [0.05, 0.1) is 0 Å². The van der Waals surface area contributed by atoms with Gasteiger partial charge in [-0.1, -0.05) is 50.1 Å². The van der Waals surface area contributed by atoms with Gasteiger partial charge in [-0.15, -0.1) is 0 Å². The molecule has 0 aromatic heterocycles. The number of likely N-dealkylation sites (tertiary alicyclic amines) is 1. The fourth-order valence-corrected chi connectivity index (χ4v) is 2.88. The van der Waals surface area contributed by atoms with Crippen LogP contribution >= 0.6 is 0 Å². The standard InChI is InChI=1S/C16H26N2/c1-2-3-9-15-13-18(11-10-16(15)17)12-14-7-5-4-6-8-14/h4-8,15-16H,2-3,9-13,17H2,1H3/t15-,16-/m0/s1. The van der Waals surface area contributed by atoms with Gasteiger partial charge < -0.3 is 5.73 Å². The van der Waals surface area contributed by atoms with E-state index >= 15 is 0 Å². The van der Waals surface area contributed by atoms with E-state index < -0.39 is 0 Å². The van der Waals surface area contributed by atoms with Gasteiger partial charge in [0.15, 0.2) is 0 Å². The molecule has 1 aromatic carbocycles. The van der Waals surface area contributed by atoms with Crippen LogP contribution in [0.3, 0.4) is 0 Å². The van der Waals surface area contributed by atoms with Crippen molar-refractivity contribution in [1.29, 1.82) is 0 Å². The Morgan fingerprint density at radius 2 is 2.06 bits per heavy atom. The van der Waals surface area contributed by atoms with Crippen LogP contribution < -0.4 is 5.73 Å². The summed E-state index contributed by atoms with van der Waals surface area (Å²) in [5.74, 6) is 0.697. The summed E-state index contributed by atoms with van der Waals surface area (Å²) in [6.07, 6.45) is 5.05. The van der Waals surface area contributed by atoms with Crippen LogP contribution in [-0.2, 0) is 6.54 Å². The summed E-state index contributed by atoms with van der Waals surface area (Å²) in [4.78, 5) is 2.57. The van der Waals surface area contributed by atoms with Crippen molar-refractivity contribution in [1.82, 2.24) is 4.90 Å². The number of benzene rings is 1. The summed E-state index contributed by atoms with van der Waals surface area (Å²) in [5.41, 5.74) is 7.67. The van der Waals surface area contributed by atoms with Crippen molar-refractivity contribution in [3.8, 4) is 0 Å². The molecule has 0 amide bonds. The van der Waals surface area contributed by atoms with E-state index in [2.05, 4.69) is 42.2 Å². The second kappa shape index (κ2) is 6.91. The van der Waals surface area contributed by atoms with Crippen LogP contribution in [-0.4, -0.2) is 24.0 Å². The highest BCUT2D eigenvalue weighted by Crippen LogP contribution is 2.22. The quantitative estimate of drug-likeness (QED) is 0.865. The highest BCUT2D eigenvalue weighted by Gasteiger charge is 2.25. The lowest BCUT2D eigenvalue weighted by Gasteiger charge is -2.37. The first kappa shape index (κ1) is 13.6. The van der Waals surface area contributed by atoms with E-state index in [0.29, 0.717) is 12.0 Å². The second-order valence-electron chi connectivity index (χ2n) is 5.58. The number of nitrogens with zero attached hydrogens (tertiary/aromatic N) is 1. The predicted octanol–water partition coefficient (Wildman–Crippen LogP) is 3.03. The van der Waals surface area contributed by atoms with Crippen LogP contribution in [0.1, 0.15) is 38.2 Å². The Morgan fingerprint density at radius 1 is 1.28 bits per heavy atom. The Balaban J connectivity index is 1.87. The van der Waals surface area contributed by atoms with Crippen LogP contribution in [0.2, 0.25) is 0 Å². The third-order valence-electron chi connectivity index (χ3n) is 4.05. The Bertz CT molecular complexity index is 336. The Labute approximate surface area is 111 Å². The molecule has 1 heterocycles. The molecule has 2 atom stereocenters. The van der Waals surface area contributed by atoms with Crippen molar-refractivity contribution in [2.45, 2.75) is 45.2 Å². The second-order valence-corrected chi connectivity index (χ2v) is 5.58. The normalized spacial score (nSPS) is 25.2. The van der Waals surface area contributed by atoms with Crippen LogP contribution in [0.4, 0.5) is 0 Å². The number of unbranched alkanes of at least 4 members (excludes halogenated alkanes) is 1. The molecule has 0 bridgehead atoms. The number of rotatable bonds is 5. The van der Waals surface area contributed by atoms with Crippen molar-refractivity contribution in [3.05, 3.63) is 35.9 Å². The molecule has 2 heteroatoms. The molecule has 1 aliphatic heterocycles. The van der Waals surface area contributed by atoms with E-state index in [0.717, 1.165) is 19.5 Å². The topological polar surface area (TPSA) is 29.3 Å². The Morgan fingerprint density at radius 3 is 2.78 bits per heavy atom. The molecule has 1 aliphatic rings. The van der Waals surface area contributed by atoms with Crippen molar-refractivity contribution in [2.75, 3.05) is 13.1 Å². The summed E-state index contributed by atoms with van der Waals surface area (Å²) < 4.78 is 0. The molecule has 0 aliphatic carbocycles. The molecule has 1 fully saturated rings. The SMILES string of the molecule is CCCC[C@H]1CN(Cc2ccccc2)CC[C@@H]1N. The first-order chi connectivity index (χ1) is 8.79. The first-order valence-corrected chi connectivity index (χ1v) is 7.31.